The van der Waals surface area contributed by atoms with Crippen LogP contribution in [0.2, 0.25) is 0 Å². The van der Waals surface area contributed by atoms with Gasteiger partial charge in [-0.15, -0.1) is 0 Å². The molecule has 28 heavy (non-hydrogen) atoms. The van der Waals surface area contributed by atoms with Gasteiger partial charge in [0.25, 0.3) is 5.91 Å². The Morgan fingerprint density at radius 2 is 1.93 bits per heavy atom. The lowest BCUT2D eigenvalue weighted by molar-refractivity contribution is -0.385. The third-order valence-electron chi connectivity index (χ3n) is 4.50. The molecule has 1 aromatic carbocycles. The number of nitro benzene ring substituents is 1. The van der Waals surface area contributed by atoms with Gasteiger partial charge in [-0.1, -0.05) is 0 Å². The minimum absolute atomic E-state index is 0.0540. The molecule has 10 heteroatoms. The first-order valence-electron chi connectivity index (χ1n) is 9.06. The summed E-state index contributed by atoms with van der Waals surface area (Å²) >= 11 is 0. The Morgan fingerprint density at radius 1 is 1.21 bits per heavy atom. The number of nitrogens with zero attached hydrogens (tertiary/aromatic N) is 3. The Bertz CT molecular complexity index is 703. The van der Waals surface area contributed by atoms with E-state index < -0.39 is 4.92 Å². The van der Waals surface area contributed by atoms with E-state index in [-0.39, 0.29) is 35.4 Å². The van der Waals surface area contributed by atoms with Crippen molar-refractivity contribution in [3.63, 3.8) is 0 Å². The summed E-state index contributed by atoms with van der Waals surface area (Å²) in [5.41, 5.74) is 0.00830. The van der Waals surface area contributed by atoms with E-state index in [1.54, 1.807) is 12.0 Å². The van der Waals surface area contributed by atoms with Gasteiger partial charge in [-0.3, -0.25) is 24.6 Å². The predicted molar refractivity (Wildman–Crippen MR) is 101 cm³/mol. The van der Waals surface area contributed by atoms with E-state index in [0.29, 0.717) is 39.3 Å². The first-order valence-corrected chi connectivity index (χ1v) is 9.06. The summed E-state index contributed by atoms with van der Waals surface area (Å²) < 4.78 is 9.90. The molecule has 2 rings (SSSR count). The number of nitrogens with one attached hydrogen (secondary N) is 1. The van der Waals surface area contributed by atoms with E-state index >= 15 is 0 Å². The molecule has 10 nitrogen and oxygen atoms in total. The van der Waals surface area contributed by atoms with Gasteiger partial charge in [0.2, 0.25) is 5.91 Å². The zero-order valence-corrected chi connectivity index (χ0v) is 16.2. The van der Waals surface area contributed by atoms with Crippen molar-refractivity contribution in [2.24, 2.45) is 0 Å². The standard InChI is InChI=1S/C18H26N4O6/c1-27-11-3-6-19-17(23)13-20-7-9-21(10-8-20)18(24)14-4-5-16(28-2)15(12-14)22(25)26/h4-5,12H,3,6-11,13H2,1-2H3,(H,19,23). The molecule has 1 aliphatic rings. The van der Waals surface area contributed by atoms with Crippen molar-refractivity contribution in [1.82, 2.24) is 15.1 Å². The first kappa shape index (κ1) is 21.6. The molecule has 0 aliphatic carbocycles. The van der Waals surface area contributed by atoms with Crippen LogP contribution in [0.4, 0.5) is 5.69 Å². The smallest absolute Gasteiger partial charge is 0.311 e. The number of methoxy groups -OCH3 is 2. The number of amides is 2. The number of ether oxygens (including phenoxy) is 2. The second-order valence-corrected chi connectivity index (χ2v) is 6.41. The van der Waals surface area contributed by atoms with Gasteiger partial charge in [0.1, 0.15) is 0 Å². The van der Waals surface area contributed by atoms with Gasteiger partial charge in [0.15, 0.2) is 5.75 Å². The maximum absolute atomic E-state index is 12.7. The third-order valence-corrected chi connectivity index (χ3v) is 4.50. The van der Waals surface area contributed by atoms with Crippen LogP contribution in [-0.4, -0.2) is 86.6 Å². The van der Waals surface area contributed by atoms with Gasteiger partial charge >= 0.3 is 5.69 Å². The van der Waals surface area contributed by atoms with Crippen molar-refractivity contribution < 1.29 is 24.0 Å². The van der Waals surface area contributed by atoms with Crippen LogP contribution < -0.4 is 10.1 Å². The molecule has 2 amide bonds. The highest BCUT2D eigenvalue weighted by atomic mass is 16.6. The molecule has 0 bridgehead atoms. The number of benzene rings is 1. The summed E-state index contributed by atoms with van der Waals surface area (Å²) in [6.45, 7) is 3.49. The van der Waals surface area contributed by atoms with Gasteiger partial charge in [0, 0.05) is 58.1 Å². The molecule has 0 saturated carbocycles. The molecule has 1 N–H and O–H groups in total. The van der Waals surface area contributed by atoms with Crippen LogP contribution in [-0.2, 0) is 9.53 Å². The number of carbonyl (C=O) groups excluding carboxylic acids is 2. The van der Waals surface area contributed by atoms with Gasteiger partial charge in [0.05, 0.1) is 18.6 Å². The van der Waals surface area contributed by atoms with Crippen LogP contribution in [0.25, 0.3) is 0 Å². The van der Waals surface area contributed by atoms with Crippen molar-refractivity contribution in [3.05, 3.63) is 33.9 Å². The second-order valence-electron chi connectivity index (χ2n) is 6.41. The molecule has 1 fully saturated rings. The largest absolute Gasteiger partial charge is 0.490 e. The summed E-state index contributed by atoms with van der Waals surface area (Å²) in [5.74, 6) is -0.209. The molecule has 154 valence electrons. The molecular formula is C18H26N4O6. The molecule has 1 saturated heterocycles. The highest BCUT2D eigenvalue weighted by molar-refractivity contribution is 5.95. The molecule has 0 aromatic heterocycles. The van der Waals surface area contributed by atoms with Crippen LogP contribution in [0.15, 0.2) is 18.2 Å². The SMILES string of the molecule is COCCCNC(=O)CN1CCN(C(=O)c2ccc(OC)c([N+](=O)[O-])c2)CC1. The summed E-state index contributed by atoms with van der Waals surface area (Å²) in [6, 6.07) is 4.19. The maximum atomic E-state index is 12.7. The van der Waals surface area contributed by atoms with Crippen LogP contribution in [0.1, 0.15) is 16.8 Å². The minimum atomic E-state index is -0.571. The molecular weight excluding hydrogens is 368 g/mol. The lowest BCUT2D eigenvalue weighted by Gasteiger charge is -2.34. The molecule has 1 aromatic rings. The Kier molecular flexibility index (Phi) is 8.15. The number of rotatable bonds is 9. The van der Waals surface area contributed by atoms with Crippen LogP contribution >= 0.6 is 0 Å². The molecule has 0 unspecified atom stereocenters. The highest BCUT2D eigenvalue weighted by Gasteiger charge is 2.25. The average molecular weight is 394 g/mol. The monoisotopic (exact) mass is 394 g/mol. The predicted octanol–water partition coefficient (Wildman–Crippen LogP) is 0.514. The molecule has 1 aliphatic heterocycles. The molecule has 0 spiro atoms. The van der Waals surface area contributed by atoms with Gasteiger partial charge in [-0.05, 0) is 18.6 Å². The summed E-state index contributed by atoms with van der Waals surface area (Å²) in [6.07, 6.45) is 0.762. The second kappa shape index (κ2) is 10.6. The van der Waals surface area contributed by atoms with E-state index in [0.717, 1.165) is 6.42 Å². The highest BCUT2D eigenvalue weighted by Crippen LogP contribution is 2.28. The quantitative estimate of drug-likeness (QED) is 0.369. The Morgan fingerprint density at radius 3 is 2.54 bits per heavy atom. The van der Waals surface area contributed by atoms with E-state index in [1.165, 1.54) is 25.3 Å². The number of hydrogen-bond acceptors (Lipinski definition) is 7. The normalized spacial score (nSPS) is 14.6. The van der Waals surface area contributed by atoms with Crippen LogP contribution in [0.3, 0.4) is 0 Å². The number of hydrogen-bond donors (Lipinski definition) is 1. The lowest BCUT2D eigenvalue weighted by atomic mass is 10.1. The Balaban J connectivity index is 1.86. The van der Waals surface area contributed by atoms with E-state index in [1.807, 2.05) is 4.90 Å². The topological polar surface area (TPSA) is 114 Å². The fourth-order valence-corrected chi connectivity index (χ4v) is 2.96. The fraction of sp³-hybridized carbons (Fsp3) is 0.556. The van der Waals surface area contributed by atoms with Crippen molar-refractivity contribution in [3.8, 4) is 5.75 Å². The van der Waals surface area contributed by atoms with Crippen molar-refractivity contribution in [1.29, 1.82) is 0 Å². The Hall–Kier alpha value is -2.72. The maximum Gasteiger partial charge on any atom is 0.311 e. The Labute approximate surface area is 163 Å². The molecule has 0 atom stereocenters. The van der Waals surface area contributed by atoms with E-state index in [4.69, 9.17) is 9.47 Å². The molecule has 0 radical (unpaired) electrons. The van der Waals surface area contributed by atoms with Crippen molar-refractivity contribution in [2.75, 3.05) is 60.1 Å². The summed E-state index contributed by atoms with van der Waals surface area (Å²) in [7, 11) is 2.96. The van der Waals surface area contributed by atoms with Crippen molar-refractivity contribution in [2.45, 2.75) is 6.42 Å². The van der Waals surface area contributed by atoms with Crippen LogP contribution in [0, 0.1) is 10.1 Å². The van der Waals surface area contributed by atoms with Gasteiger partial charge < -0.3 is 19.7 Å². The number of piperazine rings is 1. The zero-order chi connectivity index (χ0) is 20.5. The van der Waals surface area contributed by atoms with Crippen molar-refractivity contribution >= 4 is 17.5 Å². The average Bonchev–Trinajstić information content (AvgIpc) is 2.70. The van der Waals surface area contributed by atoms with E-state index in [2.05, 4.69) is 5.32 Å². The number of nitro groups is 1. The summed E-state index contributed by atoms with van der Waals surface area (Å²) in [4.78, 5) is 38.8. The lowest BCUT2D eigenvalue weighted by Crippen LogP contribution is -2.51. The van der Waals surface area contributed by atoms with Crippen LogP contribution in [0.5, 0.6) is 5.75 Å². The fourth-order valence-electron chi connectivity index (χ4n) is 2.96. The number of carbonyl (C=O) groups is 2. The van der Waals surface area contributed by atoms with Gasteiger partial charge in [-0.2, -0.15) is 0 Å². The minimum Gasteiger partial charge on any atom is -0.490 e. The van der Waals surface area contributed by atoms with E-state index in [9.17, 15) is 19.7 Å². The third kappa shape index (κ3) is 5.89. The summed E-state index contributed by atoms with van der Waals surface area (Å²) in [5, 5.41) is 14.0. The zero-order valence-electron chi connectivity index (χ0n) is 16.2. The first-order chi connectivity index (χ1) is 13.5. The molecule has 1 heterocycles. The van der Waals surface area contributed by atoms with Gasteiger partial charge in [-0.25, -0.2) is 0 Å².